The highest BCUT2D eigenvalue weighted by molar-refractivity contribution is 6.04. The van der Waals surface area contributed by atoms with Crippen molar-refractivity contribution in [2.75, 3.05) is 20.7 Å². The zero-order valence-electron chi connectivity index (χ0n) is 21.6. The molecular formula is C28H29N5O5. The lowest BCUT2D eigenvalue weighted by Gasteiger charge is -2.04. The average molecular weight is 516 g/mol. The number of methoxy groups -OCH3 is 1. The molecule has 4 amide bonds. The topological polar surface area (TPSA) is 126 Å². The summed E-state index contributed by atoms with van der Waals surface area (Å²) in [6.45, 7) is 5.35. The summed E-state index contributed by atoms with van der Waals surface area (Å²) in [6.07, 6.45) is 7.57. The highest BCUT2D eigenvalue weighted by Gasteiger charge is 2.33. The van der Waals surface area contributed by atoms with Crippen molar-refractivity contribution in [1.29, 1.82) is 0 Å². The zero-order valence-corrected chi connectivity index (χ0v) is 21.6. The van der Waals surface area contributed by atoms with Crippen molar-refractivity contribution in [2.24, 2.45) is 4.99 Å². The number of amides is 4. The second-order valence-corrected chi connectivity index (χ2v) is 8.35. The minimum Gasteiger partial charge on any atom is -0.497 e. The van der Waals surface area contributed by atoms with Crippen LogP contribution in [0.2, 0.25) is 0 Å². The van der Waals surface area contributed by atoms with Crippen molar-refractivity contribution in [2.45, 2.75) is 26.4 Å². The van der Waals surface area contributed by atoms with E-state index in [0.717, 1.165) is 28.1 Å². The Morgan fingerprint density at radius 2 is 1.92 bits per heavy atom. The second kappa shape index (κ2) is 11.5. The maximum Gasteiger partial charge on any atom is 0.322 e. The van der Waals surface area contributed by atoms with Gasteiger partial charge in [0, 0.05) is 37.0 Å². The summed E-state index contributed by atoms with van der Waals surface area (Å²) in [4.78, 5) is 44.9. The van der Waals surface area contributed by atoms with Gasteiger partial charge in [-0.15, -0.1) is 0 Å². The van der Waals surface area contributed by atoms with Crippen molar-refractivity contribution in [1.82, 2.24) is 20.5 Å². The first kappa shape index (κ1) is 26.3. The number of nitrogens with zero attached hydrogens (tertiary/aromatic N) is 3. The van der Waals surface area contributed by atoms with E-state index < -0.39 is 18.0 Å². The van der Waals surface area contributed by atoms with Gasteiger partial charge in [0.25, 0.3) is 11.8 Å². The molecule has 1 fully saturated rings. The van der Waals surface area contributed by atoms with Gasteiger partial charge in [-0.05, 0) is 35.9 Å². The molecule has 10 nitrogen and oxygen atoms in total. The van der Waals surface area contributed by atoms with E-state index in [9.17, 15) is 14.4 Å². The number of aliphatic imine (C=N–C) groups is 1. The largest absolute Gasteiger partial charge is 0.497 e. The van der Waals surface area contributed by atoms with E-state index >= 15 is 0 Å². The average Bonchev–Trinajstić information content (AvgIpc) is 3.50. The van der Waals surface area contributed by atoms with Gasteiger partial charge >= 0.3 is 6.03 Å². The number of imide groups is 1. The predicted molar refractivity (Wildman–Crippen MR) is 144 cm³/mol. The number of aromatic nitrogens is 1. The molecule has 3 aliphatic heterocycles. The summed E-state index contributed by atoms with van der Waals surface area (Å²) < 4.78 is 10.7. The smallest absolute Gasteiger partial charge is 0.322 e. The molecule has 38 heavy (non-hydrogen) atoms. The number of carbonyl (C=O) groups is 3. The molecule has 1 aromatic carbocycles. The quantitative estimate of drug-likeness (QED) is 0.507. The lowest BCUT2D eigenvalue weighted by molar-refractivity contribution is -0.120. The number of fused-ring (bicyclic) bond motifs is 2. The fraction of sp³-hybridized carbons (Fsp3) is 0.250. The van der Waals surface area contributed by atoms with E-state index in [1.807, 2.05) is 50.3 Å². The Morgan fingerprint density at radius 1 is 1.11 bits per heavy atom. The molecule has 1 atom stereocenters. The minimum absolute atomic E-state index is 0.0777. The fourth-order valence-electron chi connectivity index (χ4n) is 4.08. The van der Waals surface area contributed by atoms with E-state index in [0.29, 0.717) is 29.9 Å². The first-order chi connectivity index (χ1) is 18.4. The Hall–Kier alpha value is -4.73. The van der Waals surface area contributed by atoms with E-state index in [1.54, 1.807) is 43.5 Å². The summed E-state index contributed by atoms with van der Waals surface area (Å²) in [5.74, 6) is 0.746. The molecule has 2 N–H and O–H groups in total. The molecule has 3 aromatic rings. The number of rotatable bonds is 3. The molecule has 5 heterocycles. The molecule has 0 bridgehead atoms. The molecule has 0 saturated carbocycles. The number of furan rings is 1. The highest BCUT2D eigenvalue weighted by atomic mass is 16.5. The van der Waals surface area contributed by atoms with Crippen LogP contribution in [0.1, 0.15) is 47.3 Å². The minimum atomic E-state index is -0.815. The molecular weight excluding hydrogens is 486 g/mol. The summed E-state index contributed by atoms with van der Waals surface area (Å²) in [7, 11) is 3.40. The number of nitrogens with one attached hydrogen (secondary N) is 2. The van der Waals surface area contributed by atoms with Gasteiger partial charge in [0.2, 0.25) is 0 Å². The third-order valence-electron chi connectivity index (χ3n) is 5.92. The number of benzene rings is 1. The van der Waals surface area contributed by atoms with Crippen LogP contribution in [0.5, 0.6) is 5.75 Å². The highest BCUT2D eigenvalue weighted by Crippen LogP contribution is 2.27. The van der Waals surface area contributed by atoms with E-state index in [1.165, 1.54) is 0 Å². The summed E-state index contributed by atoms with van der Waals surface area (Å²) in [6, 6.07) is 9.59. The number of allylic oxidation sites excluding steroid dienone is 3. The standard InChI is InChI=1S/C16H12N4O3.C10H11NO2.C2H6/c21-15-14(19-16(22)20-15)13-8-11-12(23-13)4-3-10(18-11)9-2-1-6-17-7-5-9;1-11-6-7-3-4-8(13-2)5-9(7)10(11)12;1-2/h1-5,7-8,14H,6H2,(H2,19,20,21,22);3-5H,6H2,1-2H3;1-2H3. The Morgan fingerprint density at radius 3 is 2.66 bits per heavy atom. The van der Waals surface area contributed by atoms with E-state index in [2.05, 4.69) is 20.6 Å². The van der Waals surface area contributed by atoms with Crippen LogP contribution in [0.4, 0.5) is 4.79 Å². The van der Waals surface area contributed by atoms with Crippen molar-refractivity contribution in [3.8, 4) is 5.75 Å². The van der Waals surface area contributed by atoms with Crippen LogP contribution in [-0.2, 0) is 11.3 Å². The van der Waals surface area contributed by atoms with Gasteiger partial charge in [0.05, 0.1) is 19.3 Å². The van der Waals surface area contributed by atoms with E-state index in [4.69, 9.17) is 9.15 Å². The lowest BCUT2D eigenvalue weighted by atomic mass is 10.1. The number of ether oxygens (including phenoxy) is 1. The summed E-state index contributed by atoms with van der Waals surface area (Å²) in [5.41, 5.74) is 4.76. The Labute approximate surface area is 220 Å². The first-order valence-electron chi connectivity index (χ1n) is 12.2. The van der Waals surface area contributed by atoms with Gasteiger partial charge in [0.15, 0.2) is 11.6 Å². The Bertz CT molecular complexity index is 1470. The molecule has 6 rings (SSSR count). The van der Waals surface area contributed by atoms with Gasteiger partial charge in [-0.2, -0.15) is 0 Å². The molecule has 0 spiro atoms. The number of hydrogen-bond donors (Lipinski definition) is 2. The van der Waals surface area contributed by atoms with Gasteiger partial charge in [-0.1, -0.05) is 32.1 Å². The van der Waals surface area contributed by atoms with Crippen molar-refractivity contribution >= 4 is 40.7 Å². The van der Waals surface area contributed by atoms with E-state index in [-0.39, 0.29) is 5.91 Å². The summed E-state index contributed by atoms with van der Waals surface area (Å²) in [5, 5.41) is 4.68. The molecule has 2 aromatic heterocycles. The zero-order chi connectivity index (χ0) is 27.2. The molecule has 0 aliphatic carbocycles. The van der Waals surface area contributed by atoms with Gasteiger partial charge in [0.1, 0.15) is 17.0 Å². The monoisotopic (exact) mass is 515 g/mol. The van der Waals surface area contributed by atoms with Gasteiger partial charge in [-0.3, -0.25) is 19.9 Å². The molecule has 1 unspecified atom stereocenters. The van der Waals surface area contributed by atoms with Crippen LogP contribution in [0.15, 0.2) is 64.0 Å². The van der Waals surface area contributed by atoms with Crippen molar-refractivity contribution in [3.63, 3.8) is 0 Å². The van der Waals surface area contributed by atoms with Crippen LogP contribution in [-0.4, -0.2) is 54.6 Å². The molecule has 3 aliphatic rings. The van der Waals surface area contributed by atoms with Crippen molar-refractivity contribution < 1.29 is 23.5 Å². The maximum atomic E-state index is 11.7. The molecule has 0 radical (unpaired) electrons. The predicted octanol–water partition coefficient (Wildman–Crippen LogP) is 4.04. The normalized spacial score (nSPS) is 17.5. The molecule has 196 valence electrons. The van der Waals surface area contributed by atoms with Crippen LogP contribution >= 0.6 is 0 Å². The van der Waals surface area contributed by atoms with Gasteiger partial charge < -0.3 is 19.4 Å². The number of urea groups is 1. The molecule has 10 heteroatoms. The van der Waals surface area contributed by atoms with Crippen molar-refractivity contribution in [3.05, 3.63) is 77.2 Å². The molecule has 1 saturated heterocycles. The number of hydrogen-bond acceptors (Lipinski definition) is 7. The summed E-state index contributed by atoms with van der Waals surface area (Å²) >= 11 is 0. The number of pyridine rings is 1. The van der Waals surface area contributed by atoms with Crippen LogP contribution in [0.3, 0.4) is 0 Å². The fourth-order valence-corrected chi connectivity index (χ4v) is 4.08. The maximum absolute atomic E-state index is 11.7. The number of carbonyl (C=O) groups excluding carboxylic acids is 3. The Balaban J connectivity index is 0.000000190. The first-order valence-corrected chi connectivity index (χ1v) is 12.2. The lowest BCUT2D eigenvalue weighted by Crippen LogP contribution is -2.22. The Kier molecular flexibility index (Phi) is 8.00. The van der Waals surface area contributed by atoms with Gasteiger partial charge in [-0.25, -0.2) is 9.78 Å². The SMILES string of the molecule is CC.COc1ccc2c(c1)C(=O)N(C)C2.O=C1NC(=O)C(c2cc3nc(C4=CC=NCC=C4)ccc3o2)N1. The second-order valence-electron chi connectivity index (χ2n) is 8.35. The third kappa shape index (κ3) is 5.49. The van der Waals surface area contributed by atoms with Crippen LogP contribution in [0, 0.1) is 0 Å². The third-order valence-corrected chi connectivity index (χ3v) is 5.92. The van der Waals surface area contributed by atoms with Crippen LogP contribution < -0.4 is 15.4 Å². The van der Waals surface area contributed by atoms with Crippen LogP contribution in [0.25, 0.3) is 16.7 Å².